The first-order valence-corrected chi connectivity index (χ1v) is 4.24. The van der Waals surface area contributed by atoms with E-state index in [0.29, 0.717) is 18.1 Å². The van der Waals surface area contributed by atoms with Crippen molar-refractivity contribution in [2.45, 2.75) is 6.54 Å². The Morgan fingerprint density at radius 3 is 2.62 bits per heavy atom. The van der Waals surface area contributed by atoms with Gasteiger partial charge in [-0.05, 0) is 17.7 Å². The number of rotatable bonds is 3. The van der Waals surface area contributed by atoms with Gasteiger partial charge >= 0.3 is 0 Å². The second kappa shape index (κ2) is 6.74. The second-order valence-corrected chi connectivity index (χ2v) is 2.64. The average molecular weight is 218 g/mol. The molecular weight excluding hydrogens is 206 g/mol. The molecule has 0 aromatic carbocycles. The number of thiol groups is 1. The van der Waals surface area contributed by atoms with Crippen LogP contribution in [0.3, 0.4) is 0 Å². The highest BCUT2D eigenvalue weighted by atomic mass is 35.5. The van der Waals surface area contributed by atoms with Crippen LogP contribution in [0, 0.1) is 0 Å². The lowest BCUT2D eigenvalue weighted by molar-refractivity contribution is 1.05. The molecule has 1 aromatic heterocycles. The van der Waals surface area contributed by atoms with Gasteiger partial charge in [-0.2, -0.15) is 12.6 Å². The van der Waals surface area contributed by atoms with Crippen molar-refractivity contribution < 1.29 is 0 Å². The summed E-state index contributed by atoms with van der Waals surface area (Å²) in [5.41, 5.74) is 6.59. The molecule has 0 aliphatic carbocycles. The third-order valence-corrected chi connectivity index (χ3v) is 1.70. The molecule has 0 fully saturated rings. The molecule has 0 saturated carbocycles. The Labute approximate surface area is 89.3 Å². The summed E-state index contributed by atoms with van der Waals surface area (Å²) in [5.74, 6) is 1.07. The molecular formula is C8H12ClN3S. The summed E-state index contributed by atoms with van der Waals surface area (Å²) in [6, 6.07) is 3.82. The molecule has 0 atom stereocenters. The van der Waals surface area contributed by atoms with Gasteiger partial charge in [-0.1, -0.05) is 0 Å². The fraction of sp³-hybridized carbons (Fsp3) is 0.250. The van der Waals surface area contributed by atoms with Gasteiger partial charge < -0.3 is 5.73 Å². The Hall–Kier alpha value is -0.740. The molecule has 0 unspecified atom stereocenters. The summed E-state index contributed by atoms with van der Waals surface area (Å²) in [4.78, 5) is 8.00. The van der Waals surface area contributed by atoms with E-state index in [4.69, 9.17) is 5.73 Å². The molecule has 1 heterocycles. The topological polar surface area (TPSA) is 51.3 Å². The molecule has 0 aliphatic rings. The Bertz CT molecular complexity index is 263. The van der Waals surface area contributed by atoms with Crippen molar-refractivity contribution in [3.63, 3.8) is 0 Å². The van der Waals surface area contributed by atoms with E-state index >= 15 is 0 Å². The lowest BCUT2D eigenvalue weighted by atomic mass is 10.3. The summed E-state index contributed by atoms with van der Waals surface area (Å²) >= 11 is 3.99. The van der Waals surface area contributed by atoms with Crippen LogP contribution < -0.4 is 5.73 Å². The van der Waals surface area contributed by atoms with E-state index in [0.717, 1.165) is 5.56 Å². The standard InChI is InChI=1S/C8H11N3S.ClH/c9-8(6-12)11-5-7-1-3-10-4-2-7;/h1-4,12H,5-6H2,(H2,9,11);1H. The lowest BCUT2D eigenvalue weighted by Gasteiger charge is -1.96. The number of aromatic nitrogens is 1. The van der Waals surface area contributed by atoms with Crippen molar-refractivity contribution in [2.24, 2.45) is 10.7 Å². The minimum atomic E-state index is 0. The van der Waals surface area contributed by atoms with E-state index in [1.54, 1.807) is 12.4 Å². The highest BCUT2D eigenvalue weighted by Crippen LogP contribution is 1.97. The first-order chi connectivity index (χ1) is 5.83. The number of amidine groups is 1. The predicted molar refractivity (Wildman–Crippen MR) is 60.7 cm³/mol. The normalized spacial score (nSPS) is 10.7. The maximum atomic E-state index is 5.48. The van der Waals surface area contributed by atoms with Crippen LogP contribution in [-0.2, 0) is 6.54 Å². The van der Waals surface area contributed by atoms with Crippen LogP contribution in [0.4, 0.5) is 0 Å². The minimum Gasteiger partial charge on any atom is -0.387 e. The number of hydrogen-bond acceptors (Lipinski definition) is 3. The van der Waals surface area contributed by atoms with Crippen LogP contribution in [0.1, 0.15) is 5.56 Å². The highest BCUT2D eigenvalue weighted by Gasteiger charge is 1.89. The fourth-order valence-electron chi connectivity index (χ4n) is 0.731. The third kappa shape index (κ3) is 4.75. The van der Waals surface area contributed by atoms with Crippen molar-refractivity contribution >= 4 is 30.9 Å². The Morgan fingerprint density at radius 1 is 1.46 bits per heavy atom. The summed E-state index contributed by atoms with van der Waals surface area (Å²) in [6.45, 7) is 0.606. The highest BCUT2D eigenvalue weighted by molar-refractivity contribution is 7.81. The zero-order chi connectivity index (χ0) is 8.81. The molecule has 0 aliphatic heterocycles. The Morgan fingerprint density at radius 2 is 2.08 bits per heavy atom. The summed E-state index contributed by atoms with van der Waals surface area (Å²) < 4.78 is 0. The maximum absolute atomic E-state index is 5.48. The van der Waals surface area contributed by atoms with Crippen LogP contribution in [0.25, 0.3) is 0 Å². The fourth-order valence-corrected chi connectivity index (χ4v) is 0.831. The Balaban J connectivity index is 0.00000144. The Kier molecular flexibility index (Phi) is 6.36. The van der Waals surface area contributed by atoms with E-state index < -0.39 is 0 Å². The molecule has 1 rings (SSSR count). The van der Waals surface area contributed by atoms with Gasteiger partial charge in [-0.15, -0.1) is 12.4 Å². The van der Waals surface area contributed by atoms with Crippen molar-refractivity contribution in [3.8, 4) is 0 Å². The van der Waals surface area contributed by atoms with Gasteiger partial charge in [-0.25, -0.2) is 0 Å². The monoisotopic (exact) mass is 217 g/mol. The molecule has 3 nitrogen and oxygen atoms in total. The molecule has 5 heteroatoms. The molecule has 13 heavy (non-hydrogen) atoms. The van der Waals surface area contributed by atoms with Crippen LogP contribution >= 0.6 is 25.0 Å². The van der Waals surface area contributed by atoms with E-state index in [1.165, 1.54) is 0 Å². The zero-order valence-corrected chi connectivity index (χ0v) is 8.76. The van der Waals surface area contributed by atoms with Gasteiger partial charge in [0.05, 0.1) is 6.54 Å². The van der Waals surface area contributed by atoms with Crippen LogP contribution in [0.2, 0.25) is 0 Å². The van der Waals surface area contributed by atoms with Gasteiger partial charge in [0.25, 0.3) is 0 Å². The summed E-state index contributed by atoms with van der Waals surface area (Å²) in [5, 5.41) is 0. The first-order valence-electron chi connectivity index (χ1n) is 3.61. The molecule has 1 aromatic rings. The van der Waals surface area contributed by atoms with E-state index in [1.807, 2.05) is 12.1 Å². The van der Waals surface area contributed by atoms with Gasteiger partial charge in [0, 0.05) is 18.1 Å². The van der Waals surface area contributed by atoms with Gasteiger partial charge in [0.1, 0.15) is 5.84 Å². The zero-order valence-electron chi connectivity index (χ0n) is 7.05. The lowest BCUT2D eigenvalue weighted by Crippen LogP contribution is -2.13. The first kappa shape index (κ1) is 12.3. The molecule has 0 saturated heterocycles. The number of nitrogens with two attached hydrogens (primary N) is 1. The van der Waals surface area contributed by atoms with E-state index in [9.17, 15) is 0 Å². The summed E-state index contributed by atoms with van der Waals surface area (Å²) in [6.07, 6.45) is 3.48. The van der Waals surface area contributed by atoms with Crippen LogP contribution in [0.5, 0.6) is 0 Å². The maximum Gasteiger partial charge on any atom is 0.104 e. The molecule has 0 amide bonds. The van der Waals surface area contributed by atoms with E-state index in [2.05, 4.69) is 22.6 Å². The van der Waals surface area contributed by atoms with Crippen molar-refractivity contribution in [1.29, 1.82) is 0 Å². The predicted octanol–water partition coefficient (Wildman–Crippen LogP) is 1.29. The molecule has 2 N–H and O–H groups in total. The number of pyridine rings is 1. The molecule has 72 valence electrons. The van der Waals surface area contributed by atoms with Crippen molar-refractivity contribution in [1.82, 2.24) is 4.98 Å². The van der Waals surface area contributed by atoms with E-state index in [-0.39, 0.29) is 12.4 Å². The quantitative estimate of drug-likeness (QED) is 0.456. The number of hydrogen-bond donors (Lipinski definition) is 2. The van der Waals surface area contributed by atoms with Crippen LogP contribution in [0.15, 0.2) is 29.5 Å². The number of aliphatic imine (C=N–C) groups is 1. The van der Waals surface area contributed by atoms with Crippen molar-refractivity contribution in [2.75, 3.05) is 5.75 Å². The van der Waals surface area contributed by atoms with Crippen LogP contribution in [-0.4, -0.2) is 16.6 Å². The smallest absolute Gasteiger partial charge is 0.104 e. The van der Waals surface area contributed by atoms with Gasteiger partial charge in [0.15, 0.2) is 0 Å². The molecule has 0 spiro atoms. The van der Waals surface area contributed by atoms with Crippen molar-refractivity contribution in [3.05, 3.63) is 30.1 Å². The minimum absolute atomic E-state index is 0. The van der Waals surface area contributed by atoms with Gasteiger partial charge in [0.2, 0.25) is 0 Å². The SMILES string of the molecule is Cl.NC(CS)=NCc1ccncc1. The third-order valence-electron chi connectivity index (χ3n) is 1.38. The second-order valence-electron chi connectivity index (χ2n) is 2.32. The van der Waals surface area contributed by atoms with Gasteiger partial charge in [-0.3, -0.25) is 9.98 Å². The molecule has 0 bridgehead atoms. The number of halogens is 1. The average Bonchev–Trinajstić information content (AvgIpc) is 2.16. The summed E-state index contributed by atoms with van der Waals surface area (Å²) in [7, 11) is 0. The number of nitrogens with zero attached hydrogens (tertiary/aromatic N) is 2. The molecule has 0 radical (unpaired) electrons. The largest absolute Gasteiger partial charge is 0.387 e.